The van der Waals surface area contributed by atoms with Crippen molar-refractivity contribution in [3.05, 3.63) is 29.3 Å². The van der Waals surface area contributed by atoms with Crippen molar-refractivity contribution in [3.8, 4) is 0 Å². The topological polar surface area (TPSA) is 66.4 Å². The molecule has 0 radical (unpaired) electrons. The van der Waals surface area contributed by atoms with Gasteiger partial charge in [-0.1, -0.05) is 13.0 Å². The predicted molar refractivity (Wildman–Crippen MR) is 52.5 cm³/mol. The van der Waals surface area contributed by atoms with Gasteiger partial charge in [-0.25, -0.2) is 4.79 Å². The molecule has 0 saturated carbocycles. The highest BCUT2D eigenvalue weighted by Crippen LogP contribution is 2.20. The van der Waals surface area contributed by atoms with E-state index < -0.39 is 5.97 Å². The Kier molecular flexibility index (Phi) is 3.23. The number of nitrogens with one attached hydrogen (secondary N) is 1. The Morgan fingerprint density at radius 1 is 1.57 bits per heavy atom. The van der Waals surface area contributed by atoms with Crippen molar-refractivity contribution in [3.63, 3.8) is 0 Å². The molecule has 0 unspecified atom stereocenters. The van der Waals surface area contributed by atoms with Crippen LogP contribution in [0.3, 0.4) is 0 Å². The van der Waals surface area contributed by atoms with E-state index in [-0.39, 0.29) is 5.56 Å². The van der Waals surface area contributed by atoms with E-state index in [9.17, 15) is 9.59 Å². The van der Waals surface area contributed by atoms with E-state index in [0.717, 1.165) is 0 Å². The maximum atomic E-state index is 10.8. The van der Waals surface area contributed by atoms with Gasteiger partial charge in [0.25, 0.3) is 0 Å². The van der Waals surface area contributed by atoms with Crippen LogP contribution >= 0.6 is 0 Å². The number of aromatic carboxylic acids is 1. The molecule has 0 spiro atoms. The van der Waals surface area contributed by atoms with E-state index in [0.29, 0.717) is 24.1 Å². The van der Waals surface area contributed by atoms with Gasteiger partial charge < -0.3 is 10.4 Å². The smallest absolute Gasteiger partial charge is 0.336 e. The summed E-state index contributed by atoms with van der Waals surface area (Å²) in [4.78, 5) is 21.1. The second kappa shape index (κ2) is 4.41. The standard InChI is InChI=1S/C10H11NO3/c1-2-7-8(10(13)14)4-3-5-9(7)11-6-12/h3-6H,2H2,1H3,(H,11,12)(H,13,14). The molecule has 4 heteroatoms. The molecule has 14 heavy (non-hydrogen) atoms. The maximum Gasteiger partial charge on any atom is 0.336 e. The fraction of sp³-hybridized carbons (Fsp3) is 0.200. The summed E-state index contributed by atoms with van der Waals surface area (Å²) in [5.74, 6) is -0.976. The predicted octanol–water partition coefficient (Wildman–Crippen LogP) is 1.52. The lowest BCUT2D eigenvalue weighted by molar-refractivity contribution is -0.105. The first-order valence-corrected chi connectivity index (χ1v) is 4.26. The van der Waals surface area contributed by atoms with E-state index in [1.54, 1.807) is 12.1 Å². The van der Waals surface area contributed by atoms with Crippen molar-refractivity contribution in [2.45, 2.75) is 13.3 Å². The van der Waals surface area contributed by atoms with Gasteiger partial charge in [0.15, 0.2) is 0 Å². The van der Waals surface area contributed by atoms with E-state index in [4.69, 9.17) is 5.11 Å². The zero-order valence-corrected chi connectivity index (χ0v) is 7.78. The van der Waals surface area contributed by atoms with Crippen LogP contribution in [0.15, 0.2) is 18.2 Å². The lowest BCUT2D eigenvalue weighted by atomic mass is 10.0. The number of hydrogen-bond acceptors (Lipinski definition) is 2. The molecule has 74 valence electrons. The van der Waals surface area contributed by atoms with Crippen LogP contribution in [0.1, 0.15) is 22.8 Å². The number of amides is 1. The lowest BCUT2D eigenvalue weighted by Crippen LogP contribution is -2.06. The van der Waals surface area contributed by atoms with Crippen LogP contribution in [0, 0.1) is 0 Å². The summed E-state index contributed by atoms with van der Waals surface area (Å²) < 4.78 is 0. The molecule has 1 amide bonds. The Labute approximate surface area is 81.6 Å². The Hall–Kier alpha value is -1.84. The highest BCUT2D eigenvalue weighted by Gasteiger charge is 2.11. The van der Waals surface area contributed by atoms with Gasteiger partial charge in [0, 0.05) is 5.69 Å². The van der Waals surface area contributed by atoms with Crippen molar-refractivity contribution in [2.24, 2.45) is 0 Å². The maximum absolute atomic E-state index is 10.8. The summed E-state index contributed by atoms with van der Waals surface area (Å²) in [6.45, 7) is 1.84. The largest absolute Gasteiger partial charge is 0.478 e. The number of rotatable bonds is 4. The molecular formula is C10H11NO3. The van der Waals surface area contributed by atoms with Crippen LogP contribution in [0.4, 0.5) is 5.69 Å². The third-order valence-corrected chi connectivity index (χ3v) is 1.97. The highest BCUT2D eigenvalue weighted by molar-refractivity contribution is 5.92. The summed E-state index contributed by atoms with van der Waals surface area (Å²) >= 11 is 0. The number of anilines is 1. The summed E-state index contributed by atoms with van der Waals surface area (Å²) in [5.41, 5.74) is 1.44. The van der Waals surface area contributed by atoms with E-state index >= 15 is 0 Å². The summed E-state index contributed by atoms with van der Waals surface area (Å²) in [6, 6.07) is 4.81. The van der Waals surface area contributed by atoms with Crippen molar-refractivity contribution in [2.75, 3.05) is 5.32 Å². The Morgan fingerprint density at radius 2 is 2.29 bits per heavy atom. The van der Waals surface area contributed by atoms with Crippen LogP contribution in [0.5, 0.6) is 0 Å². The van der Waals surface area contributed by atoms with Crippen LogP contribution in [0.25, 0.3) is 0 Å². The second-order valence-electron chi connectivity index (χ2n) is 2.75. The molecule has 0 aliphatic carbocycles. The van der Waals surface area contributed by atoms with E-state index in [1.807, 2.05) is 6.92 Å². The molecular weight excluding hydrogens is 182 g/mol. The number of carboxylic acids is 1. The van der Waals surface area contributed by atoms with E-state index in [1.165, 1.54) is 6.07 Å². The molecule has 1 rings (SSSR count). The Balaban J connectivity index is 3.24. The molecule has 0 bridgehead atoms. The van der Waals surface area contributed by atoms with Crippen LogP contribution in [0.2, 0.25) is 0 Å². The fourth-order valence-corrected chi connectivity index (χ4v) is 1.37. The van der Waals surface area contributed by atoms with Crippen molar-refractivity contribution < 1.29 is 14.7 Å². The second-order valence-corrected chi connectivity index (χ2v) is 2.75. The fourth-order valence-electron chi connectivity index (χ4n) is 1.37. The molecule has 0 aromatic heterocycles. The monoisotopic (exact) mass is 193 g/mol. The molecule has 0 saturated heterocycles. The average molecular weight is 193 g/mol. The average Bonchev–Trinajstić information content (AvgIpc) is 2.18. The number of carbonyl (C=O) groups excluding carboxylic acids is 1. The Morgan fingerprint density at radius 3 is 2.79 bits per heavy atom. The zero-order chi connectivity index (χ0) is 10.6. The van der Waals surface area contributed by atoms with Gasteiger partial charge in [0.05, 0.1) is 5.56 Å². The van der Waals surface area contributed by atoms with Gasteiger partial charge in [-0.05, 0) is 24.1 Å². The van der Waals surface area contributed by atoms with Crippen LogP contribution in [-0.2, 0) is 11.2 Å². The van der Waals surface area contributed by atoms with Gasteiger partial charge in [0.1, 0.15) is 0 Å². The van der Waals surface area contributed by atoms with Gasteiger partial charge in [0.2, 0.25) is 6.41 Å². The van der Waals surface area contributed by atoms with Crippen molar-refractivity contribution in [1.29, 1.82) is 0 Å². The molecule has 0 aliphatic heterocycles. The minimum absolute atomic E-state index is 0.236. The number of carbonyl (C=O) groups is 2. The van der Waals surface area contributed by atoms with Crippen LogP contribution in [-0.4, -0.2) is 17.5 Å². The molecule has 0 fully saturated rings. The molecule has 0 aliphatic rings. The summed E-state index contributed by atoms with van der Waals surface area (Å²) in [5, 5.41) is 11.4. The molecule has 1 aromatic carbocycles. The first kappa shape index (κ1) is 10.2. The third-order valence-electron chi connectivity index (χ3n) is 1.97. The molecule has 1 aromatic rings. The molecule has 0 atom stereocenters. The lowest BCUT2D eigenvalue weighted by Gasteiger charge is -2.08. The molecule has 2 N–H and O–H groups in total. The minimum Gasteiger partial charge on any atom is -0.478 e. The first-order valence-electron chi connectivity index (χ1n) is 4.26. The van der Waals surface area contributed by atoms with Crippen LogP contribution < -0.4 is 5.32 Å². The van der Waals surface area contributed by atoms with Gasteiger partial charge in [-0.15, -0.1) is 0 Å². The number of benzene rings is 1. The number of carboxylic acid groups (broad SMARTS) is 1. The van der Waals surface area contributed by atoms with Crippen molar-refractivity contribution in [1.82, 2.24) is 0 Å². The quantitative estimate of drug-likeness (QED) is 0.712. The summed E-state index contributed by atoms with van der Waals surface area (Å²) in [6.07, 6.45) is 1.11. The van der Waals surface area contributed by atoms with E-state index in [2.05, 4.69) is 5.32 Å². The zero-order valence-electron chi connectivity index (χ0n) is 7.78. The molecule has 0 heterocycles. The minimum atomic E-state index is -0.976. The van der Waals surface area contributed by atoms with Gasteiger partial charge >= 0.3 is 5.97 Å². The van der Waals surface area contributed by atoms with Gasteiger partial charge in [-0.2, -0.15) is 0 Å². The normalized spacial score (nSPS) is 9.50. The molecule has 4 nitrogen and oxygen atoms in total. The number of hydrogen-bond donors (Lipinski definition) is 2. The SMILES string of the molecule is CCc1c(NC=O)cccc1C(=O)O. The first-order chi connectivity index (χ1) is 6.70. The van der Waals surface area contributed by atoms with Crippen molar-refractivity contribution >= 4 is 18.1 Å². The van der Waals surface area contributed by atoms with Gasteiger partial charge in [-0.3, -0.25) is 4.79 Å². The highest BCUT2D eigenvalue weighted by atomic mass is 16.4. The summed E-state index contributed by atoms with van der Waals surface area (Å²) in [7, 11) is 0. The Bertz CT molecular complexity index is 360. The third kappa shape index (κ3) is 1.90.